The van der Waals surface area contributed by atoms with Gasteiger partial charge in [0.15, 0.2) is 0 Å². The molecule has 0 radical (unpaired) electrons. The monoisotopic (exact) mass is 303 g/mol. The molecule has 0 saturated carbocycles. The lowest BCUT2D eigenvalue weighted by Gasteiger charge is -2.27. The third-order valence-electron chi connectivity index (χ3n) is 2.87. The maximum Gasteiger partial charge on any atom is 0.326 e. The third-order valence-corrected chi connectivity index (χ3v) is 4.50. The lowest BCUT2D eigenvalue weighted by atomic mass is 9.98. The summed E-state index contributed by atoms with van der Waals surface area (Å²) in [6, 6.07) is 4.98. The van der Waals surface area contributed by atoms with Crippen molar-refractivity contribution < 1.29 is 22.3 Å². The van der Waals surface area contributed by atoms with Gasteiger partial charge in [0.25, 0.3) is 0 Å². The zero-order valence-electron chi connectivity index (χ0n) is 11.6. The molecule has 7 heteroatoms. The van der Waals surface area contributed by atoms with Gasteiger partial charge in [-0.15, -0.1) is 0 Å². The second-order valence-corrected chi connectivity index (χ2v) is 6.26. The van der Waals surface area contributed by atoms with Crippen molar-refractivity contribution in [1.82, 2.24) is 4.72 Å². The van der Waals surface area contributed by atoms with Crippen LogP contribution >= 0.6 is 0 Å². The van der Waals surface area contributed by atoms with Crippen LogP contribution in [-0.2, 0) is 19.6 Å². The van der Waals surface area contributed by atoms with Crippen molar-refractivity contribution in [3.05, 3.63) is 30.1 Å². The number of rotatable bonds is 6. The predicted molar refractivity (Wildman–Crippen MR) is 72.1 cm³/mol. The number of hydrogen-bond donors (Lipinski definition) is 1. The fraction of sp³-hybridized carbons (Fsp3) is 0.462. The maximum absolute atomic E-state index is 13.6. The first-order valence-corrected chi connectivity index (χ1v) is 7.62. The number of nitrogens with one attached hydrogen (secondary N) is 1. The molecular weight excluding hydrogens is 285 g/mol. The fourth-order valence-corrected chi connectivity index (χ4v) is 3.41. The number of sulfonamides is 1. The molecule has 1 atom stereocenters. The van der Waals surface area contributed by atoms with Crippen LogP contribution in [0.3, 0.4) is 0 Å². The third kappa shape index (κ3) is 3.55. The highest BCUT2D eigenvalue weighted by atomic mass is 32.2. The van der Waals surface area contributed by atoms with E-state index < -0.39 is 32.2 Å². The van der Waals surface area contributed by atoms with Crippen LogP contribution in [0, 0.1) is 5.82 Å². The molecular formula is C13H18FNO4S. The number of hydrogen-bond acceptors (Lipinski definition) is 4. The normalized spacial score (nSPS) is 14.6. The molecule has 0 fully saturated rings. The molecule has 0 aliphatic heterocycles. The minimum Gasteiger partial charge on any atom is -0.468 e. The van der Waals surface area contributed by atoms with Gasteiger partial charge in [-0.1, -0.05) is 25.5 Å². The Morgan fingerprint density at radius 3 is 2.50 bits per heavy atom. The molecule has 1 aromatic rings. The Morgan fingerprint density at radius 2 is 2.00 bits per heavy atom. The van der Waals surface area contributed by atoms with E-state index in [1.165, 1.54) is 26.2 Å². The minimum atomic E-state index is -4.15. The van der Waals surface area contributed by atoms with Gasteiger partial charge in [0.05, 0.1) is 7.11 Å². The van der Waals surface area contributed by atoms with Crippen molar-refractivity contribution in [2.75, 3.05) is 7.11 Å². The fourth-order valence-electron chi connectivity index (χ4n) is 1.93. The molecule has 0 aromatic heterocycles. The first-order valence-electron chi connectivity index (χ1n) is 6.14. The highest BCUT2D eigenvalue weighted by molar-refractivity contribution is 7.89. The number of carbonyl (C=O) groups is 1. The number of benzene rings is 1. The van der Waals surface area contributed by atoms with Gasteiger partial charge in [0.1, 0.15) is 16.3 Å². The average Bonchev–Trinajstić information content (AvgIpc) is 2.37. The van der Waals surface area contributed by atoms with Crippen LogP contribution in [0.15, 0.2) is 29.2 Å². The number of esters is 1. The average molecular weight is 303 g/mol. The minimum absolute atomic E-state index is 0.243. The Hall–Kier alpha value is -1.47. The highest BCUT2D eigenvalue weighted by Crippen LogP contribution is 2.20. The van der Waals surface area contributed by atoms with E-state index in [4.69, 9.17) is 0 Å². The van der Waals surface area contributed by atoms with E-state index in [1.54, 1.807) is 6.92 Å². The Labute approximate surface area is 118 Å². The molecule has 0 amide bonds. The van der Waals surface area contributed by atoms with Gasteiger partial charge in [-0.25, -0.2) is 12.8 Å². The Balaban J connectivity index is 3.17. The van der Waals surface area contributed by atoms with Gasteiger partial charge < -0.3 is 4.74 Å². The Kier molecular flexibility index (Phi) is 5.24. The van der Waals surface area contributed by atoms with Crippen LogP contribution in [0.5, 0.6) is 0 Å². The number of carbonyl (C=O) groups excluding carboxylic acids is 1. The topological polar surface area (TPSA) is 72.5 Å². The van der Waals surface area contributed by atoms with Crippen LogP contribution < -0.4 is 4.72 Å². The van der Waals surface area contributed by atoms with E-state index in [0.717, 1.165) is 12.1 Å². The molecule has 0 bridgehead atoms. The van der Waals surface area contributed by atoms with Crippen molar-refractivity contribution in [2.24, 2.45) is 0 Å². The largest absolute Gasteiger partial charge is 0.468 e. The maximum atomic E-state index is 13.6. The van der Waals surface area contributed by atoms with Gasteiger partial charge in [0.2, 0.25) is 10.0 Å². The standard InChI is InChI=1S/C13H18FNO4S/c1-4-9-13(2,12(16)19-3)15-20(17,18)11-8-6-5-7-10(11)14/h5-8,15H,4,9H2,1-3H3. The summed E-state index contributed by atoms with van der Waals surface area (Å²) < 4.78 is 44.9. The van der Waals surface area contributed by atoms with Gasteiger partial charge in [-0.3, -0.25) is 4.79 Å². The van der Waals surface area contributed by atoms with Crippen LogP contribution in [0.25, 0.3) is 0 Å². The number of ether oxygens (including phenoxy) is 1. The van der Waals surface area contributed by atoms with E-state index in [0.29, 0.717) is 6.42 Å². The van der Waals surface area contributed by atoms with Crippen LogP contribution in [0.2, 0.25) is 0 Å². The lowest BCUT2D eigenvalue weighted by Crippen LogP contribution is -2.52. The van der Waals surface area contributed by atoms with Gasteiger partial charge >= 0.3 is 5.97 Å². The Bertz CT molecular complexity index is 588. The summed E-state index contributed by atoms with van der Waals surface area (Å²) in [4.78, 5) is 11.3. The molecule has 20 heavy (non-hydrogen) atoms. The quantitative estimate of drug-likeness (QED) is 0.814. The lowest BCUT2D eigenvalue weighted by molar-refractivity contribution is -0.147. The molecule has 0 saturated heterocycles. The second kappa shape index (κ2) is 6.32. The zero-order valence-corrected chi connectivity index (χ0v) is 12.5. The molecule has 112 valence electrons. The summed E-state index contributed by atoms with van der Waals surface area (Å²) in [5.74, 6) is -1.58. The molecule has 1 aromatic carbocycles. The van der Waals surface area contributed by atoms with E-state index in [9.17, 15) is 17.6 Å². The number of halogens is 1. The highest BCUT2D eigenvalue weighted by Gasteiger charge is 2.38. The van der Waals surface area contributed by atoms with Crippen molar-refractivity contribution >= 4 is 16.0 Å². The molecule has 1 rings (SSSR count). The van der Waals surface area contributed by atoms with Crippen LogP contribution in [0.1, 0.15) is 26.7 Å². The molecule has 1 N–H and O–H groups in total. The van der Waals surface area contributed by atoms with Crippen molar-refractivity contribution in [2.45, 2.75) is 37.1 Å². The molecule has 5 nitrogen and oxygen atoms in total. The molecule has 0 aliphatic rings. The Morgan fingerprint density at radius 1 is 1.40 bits per heavy atom. The summed E-state index contributed by atoms with van der Waals surface area (Å²) in [6.07, 6.45) is 0.804. The van der Waals surface area contributed by atoms with Crippen molar-refractivity contribution in [1.29, 1.82) is 0 Å². The summed E-state index contributed by atoms with van der Waals surface area (Å²) in [5.41, 5.74) is -1.43. The van der Waals surface area contributed by atoms with Gasteiger partial charge in [-0.2, -0.15) is 4.72 Å². The van der Waals surface area contributed by atoms with E-state index in [-0.39, 0.29) is 6.42 Å². The molecule has 0 aliphatic carbocycles. The van der Waals surface area contributed by atoms with Gasteiger partial charge in [0, 0.05) is 0 Å². The van der Waals surface area contributed by atoms with Crippen molar-refractivity contribution in [3.8, 4) is 0 Å². The summed E-state index contributed by atoms with van der Waals surface area (Å²) in [7, 11) is -2.98. The van der Waals surface area contributed by atoms with Crippen LogP contribution in [0.4, 0.5) is 4.39 Å². The summed E-state index contributed by atoms with van der Waals surface area (Å²) >= 11 is 0. The smallest absolute Gasteiger partial charge is 0.326 e. The molecule has 0 heterocycles. The van der Waals surface area contributed by atoms with E-state index in [2.05, 4.69) is 9.46 Å². The van der Waals surface area contributed by atoms with Crippen molar-refractivity contribution in [3.63, 3.8) is 0 Å². The first-order chi connectivity index (χ1) is 9.27. The summed E-state index contributed by atoms with van der Waals surface area (Å²) in [6.45, 7) is 3.22. The summed E-state index contributed by atoms with van der Waals surface area (Å²) in [5, 5.41) is 0. The van der Waals surface area contributed by atoms with E-state index >= 15 is 0 Å². The zero-order chi connectivity index (χ0) is 15.4. The SMILES string of the molecule is CCCC(C)(NS(=O)(=O)c1ccccc1F)C(=O)OC. The predicted octanol–water partition coefficient (Wildman–Crippen LogP) is 1.84. The van der Waals surface area contributed by atoms with E-state index in [1.807, 2.05) is 0 Å². The second-order valence-electron chi connectivity index (χ2n) is 4.61. The number of methoxy groups -OCH3 is 1. The molecule has 1 unspecified atom stereocenters. The first kappa shape index (κ1) is 16.6. The van der Waals surface area contributed by atoms with Crippen LogP contribution in [-0.4, -0.2) is 27.0 Å². The molecule has 0 spiro atoms. The van der Waals surface area contributed by atoms with Gasteiger partial charge in [-0.05, 0) is 25.5 Å².